The van der Waals surface area contributed by atoms with Gasteiger partial charge >= 0.3 is 0 Å². The summed E-state index contributed by atoms with van der Waals surface area (Å²) < 4.78 is 26.1. The highest BCUT2D eigenvalue weighted by molar-refractivity contribution is 6.99. The minimum Gasteiger partial charge on any atom is -0.454 e. The Hall–Kier alpha value is -2.72. The first-order valence-corrected chi connectivity index (χ1v) is 19.7. The van der Waals surface area contributed by atoms with E-state index < -0.39 is 28.7 Å². The smallest absolute Gasteiger partial charge is 0.261 e. The summed E-state index contributed by atoms with van der Waals surface area (Å²) in [6.45, 7) is 20.9. The molecule has 0 spiro atoms. The highest BCUT2D eigenvalue weighted by Gasteiger charge is 2.52. The van der Waals surface area contributed by atoms with Crippen LogP contribution in [0.15, 0.2) is 78.9 Å². The van der Waals surface area contributed by atoms with Gasteiger partial charge in [-0.2, -0.15) is 0 Å². The molecule has 43 heavy (non-hydrogen) atoms. The summed E-state index contributed by atoms with van der Waals surface area (Å²) >= 11 is 0. The van der Waals surface area contributed by atoms with Gasteiger partial charge in [0.1, 0.15) is 6.29 Å². The second-order valence-electron chi connectivity index (χ2n) is 13.7. The molecule has 1 heterocycles. The van der Waals surface area contributed by atoms with Gasteiger partial charge in [0.25, 0.3) is 8.32 Å². The van der Waals surface area contributed by atoms with Crippen LogP contribution in [0.2, 0.25) is 21.7 Å². The van der Waals surface area contributed by atoms with Gasteiger partial charge < -0.3 is 23.1 Å². The molecule has 0 aromatic heterocycles. The fraction of sp³-hybridized carbons (Fsp3) is 0.472. The molecule has 0 bridgehead atoms. The summed E-state index contributed by atoms with van der Waals surface area (Å²) in [7, 11) is -5.26. The van der Waals surface area contributed by atoms with Crippen molar-refractivity contribution in [2.24, 2.45) is 5.92 Å². The minimum atomic E-state index is -2.86. The van der Waals surface area contributed by atoms with Gasteiger partial charge in [0.2, 0.25) is 15.1 Å². The van der Waals surface area contributed by atoms with Crippen molar-refractivity contribution in [3.05, 3.63) is 84.4 Å². The molecule has 0 fully saturated rings. The van der Waals surface area contributed by atoms with E-state index in [1.165, 1.54) is 10.4 Å². The van der Waals surface area contributed by atoms with E-state index in [2.05, 4.69) is 111 Å². The summed E-state index contributed by atoms with van der Waals surface area (Å²) in [4.78, 5) is 13.2. The third-order valence-corrected chi connectivity index (χ3v) is 20.3. The second-order valence-corrected chi connectivity index (χ2v) is 23.5. The Morgan fingerprint density at radius 2 is 1.28 bits per heavy atom. The highest BCUT2D eigenvalue weighted by Crippen LogP contribution is 2.48. The molecule has 3 aromatic rings. The van der Waals surface area contributed by atoms with E-state index in [0.717, 1.165) is 11.8 Å². The van der Waals surface area contributed by atoms with E-state index >= 15 is 0 Å². The normalized spacial score (nSPS) is 15.3. The zero-order valence-corrected chi connectivity index (χ0v) is 29.4. The average molecular weight is 619 g/mol. The van der Waals surface area contributed by atoms with Crippen LogP contribution >= 0.6 is 0 Å². The summed E-state index contributed by atoms with van der Waals surface area (Å²) in [5.74, 6) is 0.883. The van der Waals surface area contributed by atoms with E-state index in [0.29, 0.717) is 28.1 Å². The molecule has 4 rings (SSSR count). The number of aldehydes is 1. The van der Waals surface area contributed by atoms with Crippen LogP contribution in [0.3, 0.4) is 0 Å². The fourth-order valence-electron chi connectivity index (χ4n) is 7.30. The van der Waals surface area contributed by atoms with Crippen molar-refractivity contribution in [2.75, 3.05) is 13.4 Å². The van der Waals surface area contributed by atoms with Crippen LogP contribution in [0.4, 0.5) is 0 Å². The number of benzene rings is 3. The Morgan fingerprint density at radius 1 is 0.767 bits per heavy atom. The molecule has 0 saturated carbocycles. The first-order valence-electron chi connectivity index (χ1n) is 15.7. The predicted octanol–water partition coefficient (Wildman–Crippen LogP) is 8.04. The topological polar surface area (TPSA) is 54.0 Å². The van der Waals surface area contributed by atoms with Gasteiger partial charge in [-0.25, -0.2) is 0 Å². The number of fused-ring (bicyclic) bond motifs is 1. The molecule has 1 aliphatic rings. The Morgan fingerprint density at radius 3 is 1.74 bits per heavy atom. The molecule has 0 N–H and O–H groups in total. The zero-order valence-electron chi connectivity index (χ0n) is 27.4. The lowest BCUT2D eigenvalue weighted by molar-refractivity contribution is -0.115. The SMILES string of the molecule is CC(C)[Si](O[C@H](c1ccc2c(c1)OCO2)[C@H](C=O)CO[Si](c1ccccc1)(c1ccccc1)C(C)(C)C)(C(C)C)C(C)C. The van der Waals surface area contributed by atoms with E-state index in [-0.39, 0.29) is 18.4 Å². The lowest BCUT2D eigenvalue weighted by atomic mass is 9.97. The van der Waals surface area contributed by atoms with Crippen LogP contribution in [0.25, 0.3) is 0 Å². The summed E-state index contributed by atoms with van der Waals surface area (Å²) in [5, 5.41) is 2.17. The van der Waals surface area contributed by atoms with Gasteiger partial charge in [-0.15, -0.1) is 0 Å². The monoisotopic (exact) mass is 618 g/mol. The first kappa shape index (κ1) is 33.2. The van der Waals surface area contributed by atoms with Crippen molar-refractivity contribution in [1.82, 2.24) is 0 Å². The third kappa shape index (κ3) is 6.41. The number of hydrogen-bond donors (Lipinski definition) is 0. The molecule has 1 aliphatic heterocycles. The summed E-state index contributed by atoms with van der Waals surface area (Å²) in [6.07, 6.45) is 0.566. The van der Waals surface area contributed by atoms with Gasteiger partial charge in [0.05, 0.1) is 12.0 Å². The molecule has 0 unspecified atom stereocenters. The van der Waals surface area contributed by atoms with Gasteiger partial charge in [0.15, 0.2) is 11.5 Å². The van der Waals surface area contributed by atoms with Crippen molar-refractivity contribution < 1.29 is 23.1 Å². The zero-order chi connectivity index (χ0) is 31.4. The largest absolute Gasteiger partial charge is 0.454 e. The fourth-order valence-corrected chi connectivity index (χ4v) is 17.5. The molecular formula is C36H50O5Si2. The summed E-state index contributed by atoms with van der Waals surface area (Å²) in [6, 6.07) is 27.1. The van der Waals surface area contributed by atoms with Gasteiger partial charge in [-0.3, -0.25) is 0 Å². The average Bonchev–Trinajstić information content (AvgIpc) is 3.44. The van der Waals surface area contributed by atoms with E-state index in [1.54, 1.807) is 0 Å². The second kappa shape index (κ2) is 13.5. The van der Waals surface area contributed by atoms with Crippen LogP contribution < -0.4 is 19.8 Å². The lowest BCUT2D eigenvalue weighted by Crippen LogP contribution is -2.67. The molecule has 0 saturated heterocycles. The standard InChI is InChI=1S/C36H50O5Si2/c1-26(2)42(27(3)4,28(5)6)41-35(29-20-21-33-34(22-29)39-25-38-33)30(23-37)24-40-43(36(7,8)9,31-16-12-10-13-17-31)32-18-14-11-15-19-32/h10-23,26-28,30,35H,24-25H2,1-9H3/t30-,35-/m1/s1. The van der Waals surface area contributed by atoms with Crippen molar-refractivity contribution >= 4 is 33.3 Å². The molecule has 3 aromatic carbocycles. The molecule has 0 radical (unpaired) electrons. The predicted molar refractivity (Wildman–Crippen MR) is 181 cm³/mol. The molecule has 2 atom stereocenters. The van der Waals surface area contributed by atoms with E-state index in [4.69, 9.17) is 18.3 Å². The number of hydrogen-bond acceptors (Lipinski definition) is 5. The van der Waals surface area contributed by atoms with E-state index in [1.807, 2.05) is 30.3 Å². The number of ether oxygens (including phenoxy) is 2. The Bertz CT molecular complexity index is 1270. The lowest BCUT2D eigenvalue weighted by Gasteiger charge is -2.47. The Balaban J connectivity index is 1.83. The molecule has 0 aliphatic carbocycles. The maximum atomic E-state index is 13.2. The molecule has 0 amide bonds. The van der Waals surface area contributed by atoms with Crippen molar-refractivity contribution in [3.8, 4) is 11.5 Å². The van der Waals surface area contributed by atoms with Crippen LogP contribution in [0.5, 0.6) is 11.5 Å². The number of rotatable bonds is 13. The minimum absolute atomic E-state index is 0.195. The first-order chi connectivity index (χ1) is 20.4. The molecule has 232 valence electrons. The third-order valence-electron chi connectivity index (χ3n) is 9.24. The molecule has 5 nitrogen and oxygen atoms in total. The molecule has 7 heteroatoms. The summed E-state index contributed by atoms with van der Waals surface area (Å²) in [5.41, 5.74) is 1.99. The van der Waals surface area contributed by atoms with Gasteiger partial charge in [-0.1, -0.05) is 129 Å². The van der Waals surface area contributed by atoms with Crippen LogP contribution in [-0.2, 0) is 13.6 Å². The van der Waals surface area contributed by atoms with Crippen molar-refractivity contribution in [1.29, 1.82) is 0 Å². The van der Waals surface area contributed by atoms with Crippen molar-refractivity contribution in [3.63, 3.8) is 0 Å². The van der Waals surface area contributed by atoms with E-state index in [9.17, 15) is 4.79 Å². The van der Waals surface area contributed by atoms with Gasteiger partial charge in [-0.05, 0) is 49.7 Å². The van der Waals surface area contributed by atoms with Crippen LogP contribution in [0.1, 0.15) is 74.0 Å². The van der Waals surface area contributed by atoms with Crippen molar-refractivity contribution in [2.45, 2.75) is 90.1 Å². The number of carbonyl (C=O) groups excluding carboxylic acids is 1. The highest BCUT2D eigenvalue weighted by atomic mass is 28.4. The maximum Gasteiger partial charge on any atom is 0.261 e. The number of carbonyl (C=O) groups is 1. The maximum absolute atomic E-state index is 13.2. The van der Waals surface area contributed by atoms with Crippen LogP contribution in [0, 0.1) is 5.92 Å². The van der Waals surface area contributed by atoms with Crippen LogP contribution in [-0.4, -0.2) is 36.3 Å². The Labute approximate surface area is 261 Å². The quantitative estimate of drug-likeness (QED) is 0.143. The van der Waals surface area contributed by atoms with Gasteiger partial charge in [0, 0.05) is 6.61 Å². The Kier molecular flexibility index (Phi) is 10.4. The molecular weight excluding hydrogens is 569 g/mol.